The Morgan fingerprint density at radius 2 is 2.00 bits per heavy atom. The zero-order valence-corrected chi connectivity index (χ0v) is 17.5. The van der Waals surface area contributed by atoms with Gasteiger partial charge in [-0.1, -0.05) is 30.0 Å². The molecule has 2 heterocycles. The lowest BCUT2D eigenvalue weighted by Gasteiger charge is -2.18. The molecule has 2 aromatic rings. The van der Waals surface area contributed by atoms with Gasteiger partial charge in [0, 0.05) is 0 Å². The highest BCUT2D eigenvalue weighted by Gasteiger charge is 2.33. The quantitative estimate of drug-likeness (QED) is 0.701. The summed E-state index contributed by atoms with van der Waals surface area (Å²) < 4.78 is 16.3. The number of aryl methyl sites for hydroxylation is 1. The first-order valence-corrected chi connectivity index (χ1v) is 10.4. The van der Waals surface area contributed by atoms with Crippen molar-refractivity contribution in [3.63, 3.8) is 0 Å². The zero-order chi connectivity index (χ0) is 21.1. The van der Waals surface area contributed by atoms with Crippen LogP contribution in [-0.4, -0.2) is 35.9 Å². The van der Waals surface area contributed by atoms with E-state index in [-0.39, 0.29) is 17.9 Å². The van der Waals surface area contributed by atoms with Crippen molar-refractivity contribution in [3.05, 3.63) is 69.8 Å². The van der Waals surface area contributed by atoms with Crippen LogP contribution in [0.25, 0.3) is 6.08 Å². The third-order valence-electron chi connectivity index (χ3n) is 4.47. The Bertz CT molecular complexity index is 1090. The number of ether oxygens (including phenoxy) is 3. The molecule has 0 fully saturated rings. The summed E-state index contributed by atoms with van der Waals surface area (Å²) in [6.07, 6.45) is 1.79. The molecule has 6 nitrogen and oxygen atoms in total. The van der Waals surface area contributed by atoms with Crippen LogP contribution in [0.1, 0.15) is 18.1 Å². The molecule has 154 valence electrons. The fraction of sp³-hybridized carbons (Fsp3) is 0.217. The van der Waals surface area contributed by atoms with Crippen molar-refractivity contribution in [3.8, 4) is 11.5 Å². The van der Waals surface area contributed by atoms with Crippen molar-refractivity contribution in [2.24, 2.45) is 4.99 Å². The maximum atomic E-state index is 12.5. The van der Waals surface area contributed by atoms with Gasteiger partial charge in [0.25, 0.3) is 0 Å². The number of nitrogens with zero attached hydrogens (tertiary/aromatic N) is 1. The minimum atomic E-state index is -0.598. The van der Waals surface area contributed by atoms with Crippen LogP contribution in [0, 0.1) is 6.92 Å². The molecule has 0 unspecified atom stereocenters. The third kappa shape index (κ3) is 4.21. The number of aliphatic imine (C=N–C) groups is 1. The van der Waals surface area contributed by atoms with Crippen LogP contribution in [0.2, 0.25) is 0 Å². The molecule has 0 amide bonds. The highest BCUT2D eigenvalue weighted by Crippen LogP contribution is 2.41. The maximum Gasteiger partial charge on any atom is 0.344 e. The second-order valence-corrected chi connectivity index (χ2v) is 7.74. The molecule has 2 aliphatic rings. The average Bonchev–Trinajstić information content (AvgIpc) is 3.03. The lowest BCUT2D eigenvalue weighted by Crippen LogP contribution is -2.15. The van der Waals surface area contributed by atoms with Crippen molar-refractivity contribution >= 4 is 34.5 Å². The number of rotatable bonds is 4. The lowest BCUT2D eigenvalue weighted by molar-refractivity contribution is -0.138. The Labute approximate surface area is 178 Å². The Balaban J connectivity index is 1.72. The number of thioether (sulfide) groups is 1. The molecule has 0 saturated carbocycles. The van der Waals surface area contributed by atoms with Gasteiger partial charge in [0.2, 0.25) is 0 Å². The second-order valence-electron chi connectivity index (χ2n) is 6.71. The summed E-state index contributed by atoms with van der Waals surface area (Å²) in [6.45, 7) is 4.92. The number of carbonyl (C=O) groups is 1. The molecule has 2 aromatic carbocycles. The minimum Gasteiger partial charge on any atom is -0.506 e. The summed E-state index contributed by atoms with van der Waals surface area (Å²) in [5.74, 6) is 0.608. The summed E-state index contributed by atoms with van der Waals surface area (Å²) in [5, 5.41) is 11.2. The van der Waals surface area contributed by atoms with Crippen LogP contribution in [0.4, 0.5) is 5.69 Å². The smallest absolute Gasteiger partial charge is 0.344 e. The van der Waals surface area contributed by atoms with Crippen LogP contribution in [-0.2, 0) is 9.53 Å². The predicted molar refractivity (Wildman–Crippen MR) is 118 cm³/mol. The molecule has 1 N–H and O–H groups in total. The van der Waals surface area contributed by atoms with Gasteiger partial charge in [-0.15, -0.1) is 0 Å². The number of hydrogen-bond acceptors (Lipinski definition) is 7. The predicted octanol–water partition coefficient (Wildman–Crippen LogP) is 4.96. The number of hydrogen-bond donors (Lipinski definition) is 1. The van der Waals surface area contributed by atoms with Gasteiger partial charge in [0.05, 0.1) is 17.2 Å². The molecule has 0 aromatic heterocycles. The standard InChI is InChI=1S/C23H21NO5S/c1-3-27-23(26)20-21(25)19(30-22(20)24-16-6-4-5-14(2)11-16)13-15-7-8-17-18(12-15)29-10-9-28-17/h4-8,11-13,25H,3,9-10H2,1-2H3/b19-13+,24-22?. The monoisotopic (exact) mass is 423 g/mol. The molecule has 4 rings (SSSR count). The van der Waals surface area contributed by atoms with Gasteiger partial charge < -0.3 is 19.3 Å². The molecular formula is C23H21NO5S. The molecule has 0 radical (unpaired) electrons. The highest BCUT2D eigenvalue weighted by molar-refractivity contribution is 8.18. The van der Waals surface area contributed by atoms with Crippen molar-refractivity contribution in [2.45, 2.75) is 13.8 Å². The Morgan fingerprint density at radius 3 is 2.77 bits per heavy atom. The van der Waals surface area contributed by atoms with Gasteiger partial charge in [-0.05, 0) is 55.3 Å². The van der Waals surface area contributed by atoms with Crippen molar-refractivity contribution in [1.82, 2.24) is 0 Å². The topological polar surface area (TPSA) is 77.4 Å². The van der Waals surface area contributed by atoms with E-state index in [9.17, 15) is 9.90 Å². The van der Waals surface area contributed by atoms with E-state index in [1.54, 1.807) is 13.0 Å². The van der Waals surface area contributed by atoms with E-state index in [0.29, 0.717) is 40.3 Å². The first-order valence-electron chi connectivity index (χ1n) is 9.61. The van der Waals surface area contributed by atoms with Gasteiger partial charge in [0.1, 0.15) is 29.6 Å². The van der Waals surface area contributed by atoms with E-state index in [4.69, 9.17) is 14.2 Å². The summed E-state index contributed by atoms with van der Waals surface area (Å²) in [7, 11) is 0. The number of esters is 1. The SMILES string of the molecule is CCOC(=O)C1=C(O)/C(=C\c2ccc3c(c2)OCCO3)SC1=Nc1cccc(C)c1. The minimum absolute atomic E-state index is 0.0761. The number of aliphatic hydroxyl groups excluding tert-OH is 1. The summed E-state index contributed by atoms with van der Waals surface area (Å²) in [6, 6.07) is 13.2. The van der Waals surface area contributed by atoms with E-state index in [1.807, 2.05) is 49.4 Å². The van der Waals surface area contributed by atoms with Crippen molar-refractivity contribution in [1.29, 1.82) is 0 Å². The van der Waals surface area contributed by atoms with Crippen LogP contribution in [0.15, 0.2) is 63.7 Å². The maximum absolute atomic E-state index is 12.5. The van der Waals surface area contributed by atoms with Gasteiger partial charge in [-0.25, -0.2) is 9.79 Å². The number of carbonyl (C=O) groups excluding carboxylic acids is 1. The van der Waals surface area contributed by atoms with E-state index >= 15 is 0 Å². The van der Waals surface area contributed by atoms with Crippen molar-refractivity contribution < 1.29 is 24.1 Å². The molecule has 0 aliphatic carbocycles. The van der Waals surface area contributed by atoms with E-state index < -0.39 is 5.97 Å². The Hall–Kier alpha value is -3.19. The fourth-order valence-electron chi connectivity index (χ4n) is 3.11. The first kappa shape index (κ1) is 20.1. The Morgan fingerprint density at radius 1 is 1.20 bits per heavy atom. The normalized spacial score (nSPS) is 18.2. The largest absolute Gasteiger partial charge is 0.506 e. The summed E-state index contributed by atoms with van der Waals surface area (Å²) >= 11 is 1.23. The van der Waals surface area contributed by atoms with E-state index in [0.717, 1.165) is 11.1 Å². The van der Waals surface area contributed by atoms with Crippen LogP contribution in [0.5, 0.6) is 11.5 Å². The number of fused-ring (bicyclic) bond motifs is 1. The number of aliphatic hydroxyl groups is 1. The van der Waals surface area contributed by atoms with E-state index in [1.165, 1.54) is 11.8 Å². The van der Waals surface area contributed by atoms with Gasteiger partial charge in [0.15, 0.2) is 11.5 Å². The number of benzene rings is 2. The molecule has 2 aliphatic heterocycles. The van der Waals surface area contributed by atoms with Crippen molar-refractivity contribution in [2.75, 3.05) is 19.8 Å². The van der Waals surface area contributed by atoms with Crippen LogP contribution < -0.4 is 9.47 Å². The molecule has 0 spiro atoms. The van der Waals surface area contributed by atoms with Gasteiger partial charge in [-0.3, -0.25) is 0 Å². The zero-order valence-electron chi connectivity index (χ0n) is 16.7. The lowest BCUT2D eigenvalue weighted by atomic mass is 10.1. The molecule has 30 heavy (non-hydrogen) atoms. The van der Waals surface area contributed by atoms with Crippen LogP contribution >= 0.6 is 11.8 Å². The summed E-state index contributed by atoms with van der Waals surface area (Å²) in [4.78, 5) is 17.6. The Kier molecular flexibility index (Phi) is 5.81. The second kappa shape index (κ2) is 8.67. The molecule has 0 atom stereocenters. The highest BCUT2D eigenvalue weighted by atomic mass is 32.2. The third-order valence-corrected chi connectivity index (χ3v) is 5.49. The van der Waals surface area contributed by atoms with Crippen LogP contribution in [0.3, 0.4) is 0 Å². The molecule has 0 bridgehead atoms. The molecule has 7 heteroatoms. The fourth-order valence-corrected chi connectivity index (χ4v) is 4.14. The first-order chi connectivity index (χ1) is 14.5. The van der Waals surface area contributed by atoms with Gasteiger partial charge in [-0.2, -0.15) is 0 Å². The molecule has 0 saturated heterocycles. The molecular weight excluding hydrogens is 402 g/mol. The average molecular weight is 423 g/mol. The van der Waals surface area contributed by atoms with E-state index in [2.05, 4.69) is 4.99 Å². The summed E-state index contributed by atoms with van der Waals surface area (Å²) in [5.41, 5.74) is 2.64. The van der Waals surface area contributed by atoms with Gasteiger partial charge >= 0.3 is 5.97 Å².